The lowest BCUT2D eigenvalue weighted by Gasteiger charge is -2.15. The lowest BCUT2D eigenvalue weighted by Crippen LogP contribution is -2.29. The van der Waals surface area contributed by atoms with Crippen LogP contribution in [0.4, 0.5) is 9.18 Å². The quantitative estimate of drug-likeness (QED) is 0.563. The molecule has 0 radical (unpaired) electrons. The molecule has 7 heteroatoms. The van der Waals surface area contributed by atoms with E-state index in [0.717, 1.165) is 32.7 Å². The van der Waals surface area contributed by atoms with Crippen LogP contribution in [-0.4, -0.2) is 39.2 Å². The molecule has 1 aromatic carbocycles. The summed E-state index contributed by atoms with van der Waals surface area (Å²) in [5.74, 6) is 0.809. The van der Waals surface area contributed by atoms with Crippen LogP contribution in [0.1, 0.15) is 11.6 Å². The Morgan fingerprint density at radius 1 is 1.14 bits per heavy atom. The van der Waals surface area contributed by atoms with Crippen LogP contribution >= 0.6 is 15.9 Å². The van der Waals surface area contributed by atoms with Gasteiger partial charge in [0.15, 0.2) is 0 Å². The molecule has 3 aromatic rings. The van der Waals surface area contributed by atoms with Gasteiger partial charge in [-0.2, -0.15) is 0 Å². The van der Waals surface area contributed by atoms with Crippen LogP contribution in [0.3, 0.4) is 0 Å². The van der Waals surface area contributed by atoms with E-state index in [1.165, 1.54) is 17.0 Å². The Labute approximate surface area is 169 Å². The van der Waals surface area contributed by atoms with Gasteiger partial charge in [-0.25, -0.2) is 14.2 Å². The summed E-state index contributed by atoms with van der Waals surface area (Å²) in [5, 5.41) is 9.18. The lowest BCUT2D eigenvalue weighted by atomic mass is 10.0. The molecule has 0 spiro atoms. The standard InChI is InChI=1S/C21H17BrFN3O2/c22-18-7-12(5-6-24-18)14-8-17(19-15-9-26(21(27)28)10-16(15)19)25-20(14)11-1-3-13(23)4-2-11/h1-8,15-16,19,25H,9-10H2,(H,27,28)/t15-,16+,19?. The molecule has 2 N–H and O–H groups in total. The lowest BCUT2D eigenvalue weighted by molar-refractivity contribution is 0.150. The predicted molar refractivity (Wildman–Crippen MR) is 106 cm³/mol. The maximum atomic E-state index is 13.4. The van der Waals surface area contributed by atoms with Crippen molar-refractivity contribution in [2.75, 3.05) is 13.1 Å². The molecule has 0 bridgehead atoms. The summed E-state index contributed by atoms with van der Waals surface area (Å²) in [6.45, 7) is 1.18. The number of amides is 1. The van der Waals surface area contributed by atoms with Crippen molar-refractivity contribution in [3.05, 3.63) is 64.8 Å². The average Bonchev–Trinajstić information content (AvgIpc) is 3.04. The van der Waals surface area contributed by atoms with Crippen molar-refractivity contribution in [3.63, 3.8) is 0 Å². The highest BCUT2D eigenvalue weighted by atomic mass is 79.9. The number of pyridine rings is 1. The fourth-order valence-corrected chi connectivity index (χ4v) is 4.81. The molecule has 1 aliphatic heterocycles. The number of nitrogens with zero attached hydrogens (tertiary/aromatic N) is 2. The molecular weight excluding hydrogens is 425 g/mol. The second kappa shape index (κ2) is 6.44. The van der Waals surface area contributed by atoms with Gasteiger partial charge in [0.25, 0.3) is 0 Å². The third-order valence-corrected chi connectivity index (χ3v) is 6.27. The fraction of sp³-hybridized carbons (Fsp3) is 0.238. The highest BCUT2D eigenvalue weighted by Gasteiger charge is 2.58. The Bertz CT molecular complexity index is 1050. The molecule has 3 atom stereocenters. The van der Waals surface area contributed by atoms with Crippen LogP contribution in [0.25, 0.3) is 22.4 Å². The van der Waals surface area contributed by atoms with Gasteiger partial charge in [-0.1, -0.05) is 0 Å². The van der Waals surface area contributed by atoms with E-state index in [-0.39, 0.29) is 5.82 Å². The van der Waals surface area contributed by atoms with Gasteiger partial charge in [-0.15, -0.1) is 0 Å². The van der Waals surface area contributed by atoms with Gasteiger partial charge < -0.3 is 15.0 Å². The number of aromatic amines is 1. The Kier molecular flexibility index (Phi) is 4.01. The number of H-pyrrole nitrogens is 1. The molecule has 28 heavy (non-hydrogen) atoms. The summed E-state index contributed by atoms with van der Waals surface area (Å²) in [6.07, 6.45) is 0.906. The SMILES string of the molecule is O=C(O)N1C[C@@H]2C(c3cc(-c4ccnc(Br)c4)c(-c4ccc(F)cc4)[nH]3)[C@@H]2C1. The number of piperidine rings is 1. The van der Waals surface area contributed by atoms with E-state index in [1.807, 2.05) is 12.1 Å². The maximum Gasteiger partial charge on any atom is 0.407 e. The summed E-state index contributed by atoms with van der Waals surface area (Å²) < 4.78 is 14.2. The summed E-state index contributed by atoms with van der Waals surface area (Å²) in [4.78, 5) is 20.4. The monoisotopic (exact) mass is 441 g/mol. The third-order valence-electron chi connectivity index (χ3n) is 5.83. The molecule has 1 amide bonds. The average molecular weight is 442 g/mol. The molecule has 1 saturated carbocycles. The molecule has 2 aliphatic rings. The van der Waals surface area contributed by atoms with Gasteiger partial charge in [0.05, 0.1) is 5.69 Å². The number of fused-ring (bicyclic) bond motifs is 1. The minimum atomic E-state index is -0.841. The van der Waals surface area contributed by atoms with Crippen molar-refractivity contribution in [2.45, 2.75) is 5.92 Å². The molecule has 2 fully saturated rings. The van der Waals surface area contributed by atoms with Gasteiger partial charge in [0.2, 0.25) is 0 Å². The third kappa shape index (κ3) is 2.90. The summed E-state index contributed by atoms with van der Waals surface area (Å²) >= 11 is 3.43. The van der Waals surface area contributed by atoms with Gasteiger partial charge in [0, 0.05) is 36.5 Å². The van der Waals surface area contributed by atoms with Gasteiger partial charge in [-0.3, -0.25) is 0 Å². The van der Waals surface area contributed by atoms with Crippen LogP contribution in [0.5, 0.6) is 0 Å². The van der Waals surface area contributed by atoms with E-state index < -0.39 is 6.09 Å². The zero-order valence-corrected chi connectivity index (χ0v) is 16.4. The first-order valence-electron chi connectivity index (χ1n) is 9.10. The zero-order valence-electron chi connectivity index (χ0n) is 14.8. The van der Waals surface area contributed by atoms with Gasteiger partial charge in [-0.05, 0) is 81.4 Å². The van der Waals surface area contributed by atoms with Crippen LogP contribution in [0, 0.1) is 17.7 Å². The van der Waals surface area contributed by atoms with Crippen LogP contribution in [0.15, 0.2) is 53.3 Å². The first kappa shape index (κ1) is 17.4. The number of hydrogen-bond donors (Lipinski definition) is 2. The van der Waals surface area contributed by atoms with Crippen molar-refractivity contribution in [3.8, 4) is 22.4 Å². The van der Waals surface area contributed by atoms with Crippen molar-refractivity contribution < 1.29 is 14.3 Å². The van der Waals surface area contributed by atoms with E-state index in [0.29, 0.717) is 30.8 Å². The Balaban J connectivity index is 1.53. The summed E-state index contributed by atoms with van der Waals surface area (Å²) in [6, 6.07) is 12.5. The number of carbonyl (C=O) groups is 1. The van der Waals surface area contributed by atoms with Crippen molar-refractivity contribution in [2.24, 2.45) is 11.8 Å². The molecule has 142 valence electrons. The number of nitrogens with one attached hydrogen (secondary N) is 1. The van der Waals surface area contributed by atoms with Crippen LogP contribution in [0.2, 0.25) is 0 Å². The zero-order chi connectivity index (χ0) is 19.4. The second-order valence-electron chi connectivity index (χ2n) is 7.43. The predicted octanol–water partition coefficient (Wildman–Crippen LogP) is 4.97. The molecule has 3 heterocycles. The van der Waals surface area contributed by atoms with Crippen molar-refractivity contribution in [1.82, 2.24) is 14.9 Å². The van der Waals surface area contributed by atoms with Crippen molar-refractivity contribution in [1.29, 1.82) is 0 Å². The van der Waals surface area contributed by atoms with Crippen LogP contribution < -0.4 is 0 Å². The number of rotatable bonds is 3. The fourth-order valence-electron chi connectivity index (χ4n) is 4.44. The van der Waals surface area contributed by atoms with E-state index in [1.54, 1.807) is 18.3 Å². The number of benzene rings is 1. The Morgan fingerprint density at radius 3 is 2.50 bits per heavy atom. The molecule has 1 aliphatic carbocycles. The van der Waals surface area contributed by atoms with Gasteiger partial charge in [0.1, 0.15) is 10.4 Å². The highest BCUT2D eigenvalue weighted by molar-refractivity contribution is 9.10. The molecule has 1 saturated heterocycles. The number of halogens is 2. The van der Waals surface area contributed by atoms with Gasteiger partial charge >= 0.3 is 6.09 Å². The normalized spacial score (nSPS) is 22.9. The molecule has 2 aromatic heterocycles. The topological polar surface area (TPSA) is 69.2 Å². The molecular formula is C21H17BrFN3O2. The number of likely N-dealkylation sites (tertiary alicyclic amines) is 1. The Morgan fingerprint density at radius 2 is 1.86 bits per heavy atom. The first-order chi connectivity index (χ1) is 13.5. The van der Waals surface area contributed by atoms with E-state index in [4.69, 9.17) is 0 Å². The largest absolute Gasteiger partial charge is 0.465 e. The van der Waals surface area contributed by atoms with E-state index in [9.17, 15) is 14.3 Å². The maximum absolute atomic E-state index is 13.4. The number of aromatic nitrogens is 2. The highest BCUT2D eigenvalue weighted by Crippen LogP contribution is 2.58. The first-order valence-corrected chi connectivity index (χ1v) is 9.89. The van der Waals surface area contributed by atoms with E-state index >= 15 is 0 Å². The number of carboxylic acid groups (broad SMARTS) is 1. The molecule has 5 nitrogen and oxygen atoms in total. The van der Waals surface area contributed by atoms with E-state index in [2.05, 4.69) is 32.0 Å². The summed E-state index contributed by atoms with van der Waals surface area (Å²) in [7, 11) is 0. The number of hydrogen-bond acceptors (Lipinski definition) is 2. The smallest absolute Gasteiger partial charge is 0.407 e. The molecule has 1 unspecified atom stereocenters. The minimum absolute atomic E-state index is 0.269. The summed E-state index contributed by atoms with van der Waals surface area (Å²) in [5.41, 5.74) is 5.01. The minimum Gasteiger partial charge on any atom is -0.465 e. The second-order valence-corrected chi connectivity index (χ2v) is 8.24. The molecule has 5 rings (SSSR count). The van der Waals surface area contributed by atoms with Crippen molar-refractivity contribution >= 4 is 22.0 Å². The van der Waals surface area contributed by atoms with Crippen LogP contribution in [-0.2, 0) is 0 Å². The Hall–Kier alpha value is -2.67.